The summed E-state index contributed by atoms with van der Waals surface area (Å²) in [5.74, 6) is 0.435. The van der Waals surface area contributed by atoms with Crippen molar-refractivity contribution in [1.29, 1.82) is 0 Å². The molecule has 0 unspecified atom stereocenters. The van der Waals surface area contributed by atoms with Crippen molar-refractivity contribution in [3.05, 3.63) is 48.0 Å². The van der Waals surface area contributed by atoms with Crippen molar-refractivity contribution >= 4 is 17.7 Å². The molecule has 21 heavy (non-hydrogen) atoms. The first-order valence-electron chi connectivity index (χ1n) is 6.46. The molecule has 0 saturated heterocycles. The van der Waals surface area contributed by atoms with Gasteiger partial charge in [0.05, 0.1) is 24.2 Å². The van der Waals surface area contributed by atoms with E-state index in [-0.39, 0.29) is 11.7 Å². The molecule has 0 amide bonds. The zero-order valence-electron chi connectivity index (χ0n) is 11.8. The average molecular weight is 304 g/mol. The third kappa shape index (κ3) is 3.92. The molecule has 110 valence electrons. The maximum Gasteiger partial charge on any atom is 0.338 e. The molecule has 2 aromatic rings. The highest BCUT2D eigenvalue weighted by Gasteiger charge is 2.08. The van der Waals surface area contributed by atoms with Crippen LogP contribution >= 0.6 is 11.8 Å². The monoisotopic (exact) mass is 304 g/mol. The van der Waals surface area contributed by atoms with E-state index < -0.39 is 0 Å². The van der Waals surface area contributed by atoms with E-state index in [0.717, 1.165) is 9.79 Å². The number of carbonyl (C=O) groups is 1. The zero-order chi connectivity index (χ0) is 15.2. The highest BCUT2D eigenvalue weighted by atomic mass is 32.2. The summed E-state index contributed by atoms with van der Waals surface area (Å²) in [6.07, 6.45) is 0. The van der Waals surface area contributed by atoms with Gasteiger partial charge in [-0.2, -0.15) is 0 Å². The number of phenols is 1. The molecule has 5 heteroatoms. The number of phenolic OH excluding ortho intramolecular Hbond substituents is 1. The molecule has 0 aliphatic carbocycles. The lowest BCUT2D eigenvalue weighted by Gasteiger charge is -2.07. The van der Waals surface area contributed by atoms with Crippen molar-refractivity contribution < 1.29 is 19.4 Å². The maximum absolute atomic E-state index is 11.6. The highest BCUT2D eigenvalue weighted by Crippen LogP contribution is 2.36. The molecule has 0 aromatic heterocycles. The summed E-state index contributed by atoms with van der Waals surface area (Å²) in [5.41, 5.74) is 0.514. The fourth-order valence-corrected chi connectivity index (χ4v) is 2.54. The third-order valence-corrected chi connectivity index (χ3v) is 3.83. The van der Waals surface area contributed by atoms with E-state index in [1.807, 2.05) is 12.1 Å². The van der Waals surface area contributed by atoms with Crippen molar-refractivity contribution in [2.45, 2.75) is 16.7 Å². The number of esters is 1. The number of ether oxygens (including phenoxy) is 2. The third-order valence-electron chi connectivity index (χ3n) is 2.76. The number of hydrogen-bond acceptors (Lipinski definition) is 5. The summed E-state index contributed by atoms with van der Waals surface area (Å²) in [5, 5.41) is 9.92. The second kappa shape index (κ2) is 7.04. The van der Waals surface area contributed by atoms with Gasteiger partial charge in [-0.15, -0.1) is 0 Å². The van der Waals surface area contributed by atoms with Crippen LogP contribution in [0.15, 0.2) is 52.3 Å². The van der Waals surface area contributed by atoms with Crippen LogP contribution in [0.25, 0.3) is 0 Å². The fourth-order valence-electron chi connectivity index (χ4n) is 1.71. The molecule has 0 aliphatic heterocycles. The Morgan fingerprint density at radius 1 is 1.19 bits per heavy atom. The summed E-state index contributed by atoms with van der Waals surface area (Å²) >= 11 is 1.41. The average Bonchev–Trinajstić information content (AvgIpc) is 2.50. The van der Waals surface area contributed by atoms with Crippen molar-refractivity contribution in [3.8, 4) is 11.5 Å². The summed E-state index contributed by atoms with van der Waals surface area (Å²) in [4.78, 5) is 13.2. The molecule has 2 aromatic carbocycles. The van der Waals surface area contributed by atoms with Crippen LogP contribution in [-0.2, 0) is 4.74 Å². The minimum Gasteiger partial charge on any atom is -0.507 e. The Bertz CT molecular complexity index is 623. The van der Waals surface area contributed by atoms with Crippen LogP contribution in [0.2, 0.25) is 0 Å². The Balaban J connectivity index is 2.11. The summed E-state index contributed by atoms with van der Waals surface area (Å²) in [6.45, 7) is 2.13. The van der Waals surface area contributed by atoms with Crippen LogP contribution in [0.4, 0.5) is 0 Å². The number of aromatic hydroxyl groups is 1. The molecule has 2 rings (SSSR count). The lowest BCUT2D eigenvalue weighted by Crippen LogP contribution is -2.03. The largest absolute Gasteiger partial charge is 0.507 e. The Hall–Kier alpha value is -2.14. The van der Waals surface area contributed by atoms with Gasteiger partial charge in [0.2, 0.25) is 0 Å². The van der Waals surface area contributed by atoms with Gasteiger partial charge in [-0.3, -0.25) is 0 Å². The molecule has 0 spiro atoms. The van der Waals surface area contributed by atoms with Crippen molar-refractivity contribution in [1.82, 2.24) is 0 Å². The second-order valence-electron chi connectivity index (χ2n) is 4.18. The normalized spacial score (nSPS) is 10.2. The SMILES string of the molecule is CCOC(=O)c1ccc(Sc2ccc(OC)cc2O)cc1. The molecule has 0 fully saturated rings. The first kappa shape index (κ1) is 15.3. The Morgan fingerprint density at radius 3 is 2.48 bits per heavy atom. The zero-order valence-corrected chi connectivity index (χ0v) is 12.6. The van der Waals surface area contributed by atoms with Crippen molar-refractivity contribution in [3.63, 3.8) is 0 Å². The molecule has 0 atom stereocenters. The molecule has 0 radical (unpaired) electrons. The molecular formula is C16H16O4S. The number of methoxy groups -OCH3 is 1. The van der Waals surface area contributed by atoms with Crippen LogP contribution in [0, 0.1) is 0 Å². The smallest absolute Gasteiger partial charge is 0.338 e. The summed E-state index contributed by atoms with van der Waals surface area (Å²) in [6, 6.07) is 12.2. The van der Waals surface area contributed by atoms with Gasteiger partial charge >= 0.3 is 5.97 Å². The van der Waals surface area contributed by atoms with Crippen LogP contribution in [0.5, 0.6) is 11.5 Å². The molecule has 0 heterocycles. The van der Waals surface area contributed by atoms with Gasteiger partial charge in [-0.1, -0.05) is 11.8 Å². The lowest BCUT2D eigenvalue weighted by atomic mass is 10.2. The minimum absolute atomic E-state index is 0.161. The fraction of sp³-hybridized carbons (Fsp3) is 0.188. The topological polar surface area (TPSA) is 55.8 Å². The van der Waals surface area contributed by atoms with Crippen LogP contribution in [-0.4, -0.2) is 24.8 Å². The van der Waals surface area contributed by atoms with Crippen LogP contribution in [0.3, 0.4) is 0 Å². The lowest BCUT2D eigenvalue weighted by molar-refractivity contribution is 0.0526. The number of benzene rings is 2. The predicted octanol–water partition coefficient (Wildman–Crippen LogP) is 3.73. The Kier molecular flexibility index (Phi) is 5.11. The Labute approximate surface area is 127 Å². The first-order valence-corrected chi connectivity index (χ1v) is 7.27. The van der Waals surface area contributed by atoms with Gasteiger partial charge < -0.3 is 14.6 Å². The predicted molar refractivity (Wildman–Crippen MR) is 81.2 cm³/mol. The maximum atomic E-state index is 11.6. The Morgan fingerprint density at radius 2 is 1.90 bits per heavy atom. The van der Waals surface area contributed by atoms with E-state index in [9.17, 15) is 9.90 Å². The molecule has 1 N–H and O–H groups in total. The quantitative estimate of drug-likeness (QED) is 0.853. The number of carbonyl (C=O) groups excluding carboxylic acids is 1. The van der Waals surface area contributed by atoms with E-state index in [1.165, 1.54) is 11.8 Å². The molecular weight excluding hydrogens is 288 g/mol. The number of hydrogen-bond donors (Lipinski definition) is 1. The number of rotatable bonds is 5. The molecule has 4 nitrogen and oxygen atoms in total. The standard InChI is InChI=1S/C16H16O4S/c1-3-20-16(18)11-4-7-13(8-5-11)21-15-9-6-12(19-2)10-14(15)17/h4-10,17H,3H2,1-2H3. The minimum atomic E-state index is -0.332. The molecule has 0 bridgehead atoms. The second-order valence-corrected chi connectivity index (χ2v) is 5.30. The van der Waals surface area contributed by atoms with Gasteiger partial charge in [0.1, 0.15) is 11.5 Å². The van der Waals surface area contributed by atoms with Crippen molar-refractivity contribution in [2.75, 3.05) is 13.7 Å². The van der Waals surface area contributed by atoms with Gasteiger partial charge in [0.15, 0.2) is 0 Å². The molecule has 0 aliphatic rings. The molecule has 0 saturated carbocycles. The first-order chi connectivity index (χ1) is 10.1. The van der Waals surface area contributed by atoms with Crippen molar-refractivity contribution in [2.24, 2.45) is 0 Å². The van der Waals surface area contributed by atoms with Gasteiger partial charge in [0, 0.05) is 11.0 Å². The van der Waals surface area contributed by atoms with Gasteiger partial charge in [-0.25, -0.2) is 4.79 Å². The van der Waals surface area contributed by atoms with Gasteiger partial charge in [-0.05, 0) is 43.3 Å². The van der Waals surface area contributed by atoms with E-state index in [4.69, 9.17) is 9.47 Å². The van der Waals surface area contributed by atoms with Crippen LogP contribution in [0.1, 0.15) is 17.3 Å². The van der Waals surface area contributed by atoms with E-state index in [2.05, 4.69) is 0 Å². The van der Waals surface area contributed by atoms with E-state index >= 15 is 0 Å². The van der Waals surface area contributed by atoms with Gasteiger partial charge in [0.25, 0.3) is 0 Å². The van der Waals surface area contributed by atoms with E-state index in [1.54, 1.807) is 44.4 Å². The van der Waals surface area contributed by atoms with Crippen LogP contribution < -0.4 is 4.74 Å². The summed E-state index contributed by atoms with van der Waals surface area (Å²) in [7, 11) is 1.55. The summed E-state index contributed by atoms with van der Waals surface area (Å²) < 4.78 is 9.98. The highest BCUT2D eigenvalue weighted by molar-refractivity contribution is 7.99. The van der Waals surface area contributed by atoms with E-state index in [0.29, 0.717) is 17.9 Å².